The van der Waals surface area contributed by atoms with E-state index >= 15 is 0 Å². The van der Waals surface area contributed by atoms with Gasteiger partial charge in [-0.15, -0.1) is 11.8 Å². The Bertz CT molecular complexity index is 1020. The van der Waals surface area contributed by atoms with E-state index in [1.807, 2.05) is 44.2 Å². The quantitative estimate of drug-likeness (QED) is 0.410. The molecule has 0 radical (unpaired) electrons. The first-order valence-corrected chi connectivity index (χ1v) is 14.8. The molecule has 2 unspecified atom stereocenters. The molecular formula is C28H40N4O5S. The molecule has 3 N–H and O–H groups in total. The lowest BCUT2D eigenvalue weighted by Crippen LogP contribution is -2.58. The third-order valence-electron chi connectivity index (χ3n) is 9.01. The van der Waals surface area contributed by atoms with Gasteiger partial charge in [-0.2, -0.15) is 0 Å². The zero-order chi connectivity index (χ0) is 26.9. The van der Waals surface area contributed by atoms with E-state index in [4.69, 9.17) is 4.74 Å². The van der Waals surface area contributed by atoms with Crippen LogP contribution in [0.1, 0.15) is 33.1 Å². The lowest BCUT2D eigenvalue weighted by atomic mass is 9.70. The van der Waals surface area contributed by atoms with Crippen molar-refractivity contribution in [1.29, 1.82) is 0 Å². The standard InChI is InChI=1S/C28H40N4O5S/c1-3-18(2)20(17-33)32-24(26(35)29-11-12-31-13-15-37-16-14-31)28-10-9-21(38-28)22(23(28)27(32)36)25(34)30-19-7-5-4-6-8-19/h4-8,18,20-24,33H,3,9-17H2,1-2H3,(H,29,35)(H,30,34)/t18-,20-,21-,22+,23-,24?,28?/m0/s1. The van der Waals surface area contributed by atoms with Gasteiger partial charge in [-0.1, -0.05) is 38.5 Å². The molecule has 208 valence electrons. The van der Waals surface area contributed by atoms with Crippen LogP contribution in [0.2, 0.25) is 0 Å². The van der Waals surface area contributed by atoms with Crippen LogP contribution in [0.4, 0.5) is 5.69 Å². The molecule has 4 heterocycles. The van der Waals surface area contributed by atoms with Crippen molar-refractivity contribution >= 4 is 35.2 Å². The van der Waals surface area contributed by atoms with Gasteiger partial charge in [0, 0.05) is 37.1 Å². The number of hydrogen-bond acceptors (Lipinski definition) is 7. The first kappa shape index (κ1) is 27.4. The second kappa shape index (κ2) is 11.5. The van der Waals surface area contributed by atoms with Gasteiger partial charge in [-0.25, -0.2) is 0 Å². The van der Waals surface area contributed by atoms with Crippen LogP contribution in [0, 0.1) is 17.8 Å². The largest absolute Gasteiger partial charge is 0.394 e. The number of carbonyl (C=O) groups excluding carboxylic acids is 3. The zero-order valence-corrected chi connectivity index (χ0v) is 23.1. The fourth-order valence-corrected chi connectivity index (χ4v) is 9.07. The van der Waals surface area contributed by atoms with Gasteiger partial charge in [0.15, 0.2) is 0 Å². The number of amides is 3. The van der Waals surface area contributed by atoms with Crippen molar-refractivity contribution < 1.29 is 24.2 Å². The highest BCUT2D eigenvalue weighted by atomic mass is 32.2. The summed E-state index contributed by atoms with van der Waals surface area (Å²) >= 11 is 1.66. The van der Waals surface area contributed by atoms with Crippen LogP contribution in [0.25, 0.3) is 0 Å². The highest BCUT2D eigenvalue weighted by Crippen LogP contribution is 2.66. The minimum absolute atomic E-state index is 0.00497. The second-order valence-corrected chi connectivity index (χ2v) is 12.6. The number of anilines is 1. The normalized spacial score (nSPS) is 32.2. The third kappa shape index (κ3) is 4.85. The third-order valence-corrected chi connectivity index (χ3v) is 11.0. The highest BCUT2D eigenvalue weighted by Gasteiger charge is 2.74. The fraction of sp³-hybridized carbons (Fsp3) is 0.679. The number of nitrogens with zero attached hydrogens (tertiary/aromatic N) is 2. The molecule has 4 aliphatic rings. The van der Waals surface area contributed by atoms with Gasteiger partial charge in [0.05, 0.1) is 42.4 Å². The van der Waals surface area contributed by atoms with Crippen LogP contribution in [-0.2, 0) is 19.1 Å². The van der Waals surface area contributed by atoms with Crippen molar-refractivity contribution in [2.75, 3.05) is 51.3 Å². The van der Waals surface area contributed by atoms with Gasteiger partial charge in [0.25, 0.3) is 0 Å². The molecule has 0 saturated carbocycles. The Labute approximate surface area is 229 Å². The average molecular weight is 545 g/mol. The number of fused-ring (bicyclic) bond motifs is 1. The van der Waals surface area contributed by atoms with Crippen molar-refractivity contribution in [3.8, 4) is 0 Å². The van der Waals surface area contributed by atoms with Gasteiger partial charge in [-0.3, -0.25) is 19.3 Å². The Morgan fingerprint density at radius 1 is 1.21 bits per heavy atom. The summed E-state index contributed by atoms with van der Waals surface area (Å²) in [6, 6.07) is 8.12. The molecule has 0 aliphatic carbocycles. The number of likely N-dealkylation sites (tertiary alicyclic amines) is 1. The molecule has 4 aliphatic heterocycles. The fourth-order valence-electron chi connectivity index (χ4n) is 6.87. The summed E-state index contributed by atoms with van der Waals surface area (Å²) in [5.74, 6) is -1.57. The number of para-hydroxylation sites is 1. The molecule has 4 saturated heterocycles. The topological polar surface area (TPSA) is 111 Å². The Morgan fingerprint density at radius 2 is 1.95 bits per heavy atom. The Morgan fingerprint density at radius 3 is 2.63 bits per heavy atom. The highest BCUT2D eigenvalue weighted by molar-refractivity contribution is 8.02. The summed E-state index contributed by atoms with van der Waals surface area (Å²) < 4.78 is 4.76. The number of carbonyl (C=O) groups is 3. The predicted molar refractivity (Wildman–Crippen MR) is 147 cm³/mol. The van der Waals surface area contributed by atoms with E-state index in [-0.39, 0.29) is 35.5 Å². The molecule has 38 heavy (non-hydrogen) atoms. The van der Waals surface area contributed by atoms with Crippen molar-refractivity contribution in [2.24, 2.45) is 17.8 Å². The molecule has 0 aromatic heterocycles. The predicted octanol–water partition coefficient (Wildman–Crippen LogP) is 1.57. The van der Waals surface area contributed by atoms with Gasteiger partial charge in [-0.05, 0) is 30.9 Å². The Kier molecular flexibility index (Phi) is 8.33. The molecule has 4 fully saturated rings. The molecular weight excluding hydrogens is 504 g/mol. The molecule has 5 rings (SSSR count). The summed E-state index contributed by atoms with van der Waals surface area (Å²) in [7, 11) is 0. The first-order chi connectivity index (χ1) is 18.4. The summed E-state index contributed by atoms with van der Waals surface area (Å²) in [5.41, 5.74) is 0.701. The number of nitrogens with one attached hydrogen (secondary N) is 2. The number of morpholine rings is 1. The number of benzene rings is 1. The number of aliphatic hydroxyl groups is 1. The monoisotopic (exact) mass is 544 g/mol. The molecule has 2 bridgehead atoms. The summed E-state index contributed by atoms with van der Waals surface area (Å²) in [6.07, 6.45) is 2.27. The van der Waals surface area contributed by atoms with E-state index < -0.39 is 28.7 Å². The molecule has 1 aromatic rings. The van der Waals surface area contributed by atoms with E-state index in [0.29, 0.717) is 31.9 Å². The maximum Gasteiger partial charge on any atom is 0.244 e. The average Bonchev–Trinajstić information content (AvgIpc) is 3.58. The SMILES string of the molecule is CC[C@H](C)[C@H](CO)N1C(=O)[C@@H]2[C@H](C(=O)Nc3ccccc3)[C@@H]3CCC2(S3)C1C(=O)NCCN1CCOCC1. The van der Waals surface area contributed by atoms with Crippen molar-refractivity contribution in [3.05, 3.63) is 30.3 Å². The number of ether oxygens (including phenoxy) is 1. The smallest absolute Gasteiger partial charge is 0.244 e. The van der Waals surface area contributed by atoms with Crippen LogP contribution in [0.3, 0.4) is 0 Å². The lowest BCUT2D eigenvalue weighted by Gasteiger charge is -2.39. The second-order valence-electron chi connectivity index (χ2n) is 11.0. The van der Waals surface area contributed by atoms with Crippen LogP contribution < -0.4 is 10.6 Å². The summed E-state index contributed by atoms with van der Waals surface area (Å²) in [6.45, 7) is 8.10. The first-order valence-electron chi connectivity index (χ1n) is 14.0. The van der Waals surface area contributed by atoms with E-state index in [0.717, 1.165) is 32.5 Å². The molecule has 7 atom stereocenters. The molecule has 10 heteroatoms. The maximum atomic E-state index is 14.2. The van der Waals surface area contributed by atoms with Crippen molar-refractivity contribution in [3.63, 3.8) is 0 Å². The van der Waals surface area contributed by atoms with E-state index in [1.165, 1.54) is 0 Å². The molecule has 3 amide bonds. The molecule has 1 spiro atoms. The van der Waals surface area contributed by atoms with Crippen LogP contribution in [-0.4, -0.2) is 101 Å². The number of rotatable bonds is 10. The number of aliphatic hydroxyl groups excluding tert-OH is 1. The number of hydrogen-bond donors (Lipinski definition) is 3. The van der Waals surface area contributed by atoms with Gasteiger partial charge in [0.1, 0.15) is 6.04 Å². The summed E-state index contributed by atoms with van der Waals surface area (Å²) in [4.78, 5) is 45.7. The lowest BCUT2D eigenvalue weighted by molar-refractivity contribution is -0.143. The van der Waals surface area contributed by atoms with E-state index in [1.54, 1.807) is 16.7 Å². The molecule has 9 nitrogen and oxygen atoms in total. The summed E-state index contributed by atoms with van der Waals surface area (Å²) in [5, 5.41) is 16.6. The van der Waals surface area contributed by atoms with Gasteiger partial charge >= 0.3 is 0 Å². The van der Waals surface area contributed by atoms with Crippen LogP contribution in [0.15, 0.2) is 30.3 Å². The minimum atomic E-state index is -0.708. The van der Waals surface area contributed by atoms with Crippen LogP contribution in [0.5, 0.6) is 0 Å². The van der Waals surface area contributed by atoms with Crippen LogP contribution >= 0.6 is 11.8 Å². The zero-order valence-electron chi connectivity index (χ0n) is 22.3. The van der Waals surface area contributed by atoms with Gasteiger partial charge < -0.3 is 25.4 Å². The number of thioether (sulfide) groups is 1. The van der Waals surface area contributed by atoms with Gasteiger partial charge in [0.2, 0.25) is 17.7 Å². The van der Waals surface area contributed by atoms with E-state index in [2.05, 4.69) is 15.5 Å². The molecule has 1 aromatic carbocycles. The maximum absolute atomic E-state index is 14.2. The van der Waals surface area contributed by atoms with E-state index in [9.17, 15) is 19.5 Å². The Balaban J connectivity index is 1.41. The minimum Gasteiger partial charge on any atom is -0.394 e. The van der Waals surface area contributed by atoms with Crippen molar-refractivity contribution in [2.45, 2.75) is 55.2 Å². The Hall–Kier alpha value is -2.14. The van der Waals surface area contributed by atoms with Crippen molar-refractivity contribution in [1.82, 2.24) is 15.1 Å².